The average molecular weight is 506 g/mol. The molecule has 0 radical (unpaired) electrons. The zero-order valence-corrected chi connectivity index (χ0v) is 22.4. The SMILES string of the molecule is CN(C(=O)OCc1ccccc1)C(CCO[Si](c1ccccc1)(c1ccccc1)C(C)(C)C)C(=O)O. The lowest BCUT2D eigenvalue weighted by Crippen LogP contribution is -2.66. The maximum Gasteiger partial charge on any atom is 0.410 e. The van der Waals surface area contributed by atoms with Gasteiger partial charge in [-0.05, 0) is 21.0 Å². The van der Waals surface area contributed by atoms with Crippen LogP contribution in [0.1, 0.15) is 32.8 Å². The molecule has 0 aliphatic heterocycles. The van der Waals surface area contributed by atoms with Gasteiger partial charge < -0.3 is 14.3 Å². The van der Waals surface area contributed by atoms with E-state index in [1.54, 1.807) is 0 Å². The van der Waals surface area contributed by atoms with E-state index in [9.17, 15) is 14.7 Å². The van der Waals surface area contributed by atoms with E-state index < -0.39 is 26.4 Å². The van der Waals surface area contributed by atoms with E-state index in [1.807, 2.05) is 66.7 Å². The molecular formula is C29H35NO5Si. The van der Waals surface area contributed by atoms with Gasteiger partial charge in [0.2, 0.25) is 0 Å². The van der Waals surface area contributed by atoms with Crippen molar-refractivity contribution in [1.29, 1.82) is 0 Å². The number of carboxylic acid groups (broad SMARTS) is 1. The molecule has 3 aromatic carbocycles. The highest BCUT2D eigenvalue weighted by Gasteiger charge is 2.50. The lowest BCUT2D eigenvalue weighted by Gasteiger charge is -2.43. The van der Waals surface area contributed by atoms with Crippen molar-refractivity contribution < 1.29 is 23.9 Å². The highest BCUT2D eigenvalue weighted by molar-refractivity contribution is 6.99. The summed E-state index contributed by atoms with van der Waals surface area (Å²) in [7, 11) is -1.35. The third-order valence-electron chi connectivity index (χ3n) is 6.37. The van der Waals surface area contributed by atoms with Gasteiger partial charge in [0.15, 0.2) is 0 Å². The summed E-state index contributed by atoms with van der Waals surface area (Å²) in [6.45, 7) is 6.76. The minimum atomic E-state index is -2.80. The molecule has 190 valence electrons. The van der Waals surface area contributed by atoms with Crippen molar-refractivity contribution in [3.63, 3.8) is 0 Å². The van der Waals surface area contributed by atoms with Crippen LogP contribution in [0.25, 0.3) is 0 Å². The molecule has 0 aliphatic carbocycles. The van der Waals surface area contributed by atoms with Gasteiger partial charge in [0.05, 0.1) is 0 Å². The number of carbonyl (C=O) groups is 2. The van der Waals surface area contributed by atoms with Crippen molar-refractivity contribution in [2.75, 3.05) is 13.7 Å². The van der Waals surface area contributed by atoms with Crippen LogP contribution in [0.5, 0.6) is 0 Å². The number of amides is 1. The molecule has 7 heteroatoms. The van der Waals surface area contributed by atoms with Crippen LogP contribution in [0.3, 0.4) is 0 Å². The Morgan fingerprint density at radius 3 is 1.78 bits per heavy atom. The maximum absolute atomic E-state index is 12.6. The molecule has 0 saturated carbocycles. The molecule has 0 aliphatic rings. The molecule has 0 fully saturated rings. The Morgan fingerprint density at radius 2 is 1.33 bits per heavy atom. The van der Waals surface area contributed by atoms with Crippen molar-refractivity contribution in [3.8, 4) is 0 Å². The fourth-order valence-corrected chi connectivity index (χ4v) is 9.10. The van der Waals surface area contributed by atoms with Crippen LogP contribution in [-0.2, 0) is 20.6 Å². The molecule has 0 aromatic heterocycles. The molecule has 0 spiro atoms. The summed E-state index contributed by atoms with van der Waals surface area (Å²) in [6, 6.07) is 28.5. The molecule has 0 saturated heterocycles. The van der Waals surface area contributed by atoms with Gasteiger partial charge in [-0.1, -0.05) is 112 Å². The van der Waals surface area contributed by atoms with Gasteiger partial charge in [-0.15, -0.1) is 0 Å². The molecule has 0 heterocycles. The summed E-state index contributed by atoms with van der Waals surface area (Å²) >= 11 is 0. The summed E-state index contributed by atoms with van der Waals surface area (Å²) < 4.78 is 12.2. The smallest absolute Gasteiger partial charge is 0.410 e. The number of likely N-dealkylation sites (N-methyl/N-ethyl adjacent to an activating group) is 1. The average Bonchev–Trinajstić information content (AvgIpc) is 2.88. The number of rotatable bonds is 10. The van der Waals surface area contributed by atoms with Crippen LogP contribution in [0.4, 0.5) is 4.79 Å². The zero-order valence-electron chi connectivity index (χ0n) is 21.4. The van der Waals surface area contributed by atoms with E-state index in [1.165, 1.54) is 7.05 Å². The largest absolute Gasteiger partial charge is 0.480 e. The van der Waals surface area contributed by atoms with Gasteiger partial charge in [0, 0.05) is 20.1 Å². The summed E-state index contributed by atoms with van der Waals surface area (Å²) in [5.41, 5.74) is 0.834. The zero-order chi connectivity index (χ0) is 26.2. The molecule has 3 aromatic rings. The number of nitrogens with zero attached hydrogens (tertiary/aromatic N) is 1. The van der Waals surface area contributed by atoms with Gasteiger partial charge in [-0.2, -0.15) is 0 Å². The molecule has 6 nitrogen and oxygen atoms in total. The second-order valence-electron chi connectivity index (χ2n) is 9.81. The Morgan fingerprint density at radius 1 is 0.861 bits per heavy atom. The lowest BCUT2D eigenvalue weighted by molar-refractivity contribution is -0.142. The first-order valence-electron chi connectivity index (χ1n) is 12.1. The summed E-state index contributed by atoms with van der Waals surface area (Å²) in [5.74, 6) is -1.10. The molecule has 1 atom stereocenters. The van der Waals surface area contributed by atoms with E-state index >= 15 is 0 Å². The predicted molar refractivity (Wildman–Crippen MR) is 144 cm³/mol. The molecule has 0 bridgehead atoms. The molecular weight excluding hydrogens is 470 g/mol. The third-order valence-corrected chi connectivity index (χ3v) is 11.4. The first-order chi connectivity index (χ1) is 17.2. The normalized spacial score (nSPS) is 12.6. The Kier molecular flexibility index (Phi) is 9.07. The first kappa shape index (κ1) is 27.2. The monoisotopic (exact) mass is 505 g/mol. The number of carbonyl (C=O) groups excluding carboxylic acids is 1. The molecule has 1 amide bonds. The Labute approximate surface area is 214 Å². The summed E-state index contributed by atoms with van der Waals surface area (Å²) in [4.78, 5) is 25.9. The quantitative estimate of drug-likeness (QED) is 0.405. The highest BCUT2D eigenvalue weighted by Crippen LogP contribution is 2.36. The van der Waals surface area contributed by atoms with E-state index in [2.05, 4.69) is 45.0 Å². The fraction of sp³-hybridized carbons (Fsp3) is 0.310. The third kappa shape index (κ3) is 6.22. The first-order valence-corrected chi connectivity index (χ1v) is 14.0. The topological polar surface area (TPSA) is 76.1 Å². The summed E-state index contributed by atoms with van der Waals surface area (Å²) in [6.07, 6.45) is -0.548. The van der Waals surface area contributed by atoms with E-state index in [0.717, 1.165) is 20.8 Å². The van der Waals surface area contributed by atoms with E-state index in [4.69, 9.17) is 9.16 Å². The molecule has 1 unspecified atom stereocenters. The van der Waals surface area contributed by atoms with Crippen LogP contribution >= 0.6 is 0 Å². The second kappa shape index (κ2) is 12.0. The van der Waals surface area contributed by atoms with Crippen LogP contribution in [0, 0.1) is 0 Å². The number of hydrogen-bond acceptors (Lipinski definition) is 4. The van der Waals surface area contributed by atoms with Crippen molar-refractivity contribution >= 4 is 30.8 Å². The minimum Gasteiger partial charge on any atom is -0.480 e. The Balaban J connectivity index is 1.79. The van der Waals surface area contributed by atoms with E-state index in [0.29, 0.717) is 0 Å². The number of carboxylic acids is 1. The van der Waals surface area contributed by atoms with Crippen molar-refractivity contribution in [2.24, 2.45) is 0 Å². The second-order valence-corrected chi connectivity index (χ2v) is 14.1. The maximum atomic E-state index is 12.6. The van der Waals surface area contributed by atoms with Gasteiger partial charge >= 0.3 is 12.1 Å². The fourth-order valence-electron chi connectivity index (χ4n) is 4.52. The van der Waals surface area contributed by atoms with E-state index in [-0.39, 0.29) is 24.7 Å². The predicted octanol–water partition coefficient (Wildman–Crippen LogP) is 4.67. The van der Waals surface area contributed by atoms with Crippen molar-refractivity contribution in [3.05, 3.63) is 96.6 Å². The Hall–Kier alpha value is -3.42. The number of ether oxygens (including phenoxy) is 1. The van der Waals surface area contributed by atoms with Crippen LogP contribution in [0.15, 0.2) is 91.0 Å². The van der Waals surface area contributed by atoms with Crippen LogP contribution < -0.4 is 10.4 Å². The van der Waals surface area contributed by atoms with Crippen LogP contribution in [-0.4, -0.2) is 50.1 Å². The Bertz CT molecular complexity index is 1080. The number of benzene rings is 3. The molecule has 3 rings (SSSR count). The number of hydrogen-bond donors (Lipinski definition) is 1. The molecule has 1 N–H and O–H groups in total. The number of aliphatic carboxylic acids is 1. The van der Waals surface area contributed by atoms with Crippen molar-refractivity contribution in [2.45, 2.75) is 44.9 Å². The highest BCUT2D eigenvalue weighted by atomic mass is 28.4. The van der Waals surface area contributed by atoms with Gasteiger partial charge in [-0.25, -0.2) is 9.59 Å². The van der Waals surface area contributed by atoms with Gasteiger partial charge in [0.25, 0.3) is 8.32 Å². The van der Waals surface area contributed by atoms with Gasteiger partial charge in [-0.3, -0.25) is 4.90 Å². The minimum absolute atomic E-state index is 0.0783. The van der Waals surface area contributed by atoms with Crippen LogP contribution in [0.2, 0.25) is 5.04 Å². The standard InChI is InChI=1S/C29H35NO5Si/c1-29(2,3)36(24-16-10-6-11-17-24,25-18-12-7-13-19-25)35-21-20-26(27(31)32)30(4)28(33)34-22-23-14-8-5-9-15-23/h5-19,26H,20-22H2,1-4H3,(H,31,32). The molecule has 36 heavy (non-hydrogen) atoms. The van der Waals surface area contributed by atoms with Gasteiger partial charge in [0.1, 0.15) is 12.6 Å². The summed E-state index contributed by atoms with van der Waals surface area (Å²) in [5, 5.41) is 11.9. The lowest BCUT2D eigenvalue weighted by atomic mass is 10.2. The van der Waals surface area contributed by atoms with Crippen molar-refractivity contribution in [1.82, 2.24) is 4.90 Å².